The van der Waals surface area contributed by atoms with Crippen LogP contribution in [0.1, 0.15) is 57.8 Å². The topological polar surface area (TPSA) is 0 Å². The Morgan fingerprint density at radius 1 is 0.632 bits per heavy atom. The average Bonchev–Trinajstić information content (AvgIpc) is 2.88. The number of thioether (sulfide) groups is 2. The fourth-order valence-corrected chi connectivity index (χ4v) is 5.56. The Kier molecular flexibility index (Phi) is 4.95. The summed E-state index contributed by atoms with van der Waals surface area (Å²) in [6, 6.07) is 8.85. The quantitative estimate of drug-likeness (QED) is 0.526. The highest BCUT2D eigenvalue weighted by Crippen LogP contribution is 2.53. The summed E-state index contributed by atoms with van der Waals surface area (Å²) in [6.07, 6.45) is 12.7. The molecular formula is C17H22S2. The first-order valence-corrected chi connectivity index (χ1v) is 9.23. The van der Waals surface area contributed by atoms with E-state index in [1.165, 1.54) is 67.6 Å². The first-order chi connectivity index (χ1) is 9.43. The zero-order valence-corrected chi connectivity index (χ0v) is 13.1. The van der Waals surface area contributed by atoms with E-state index >= 15 is 0 Å². The number of allylic oxidation sites excluding steroid dienone is 1. The van der Waals surface area contributed by atoms with Crippen molar-refractivity contribution in [1.82, 2.24) is 0 Å². The van der Waals surface area contributed by atoms with Gasteiger partial charge in [-0.05, 0) is 43.4 Å². The second kappa shape index (κ2) is 6.90. The van der Waals surface area contributed by atoms with Gasteiger partial charge in [-0.25, -0.2) is 0 Å². The Bertz CT molecular complexity index is 423. The highest BCUT2D eigenvalue weighted by molar-refractivity contribution is 8.24. The van der Waals surface area contributed by atoms with Gasteiger partial charge in [-0.1, -0.05) is 67.8 Å². The first-order valence-electron chi connectivity index (χ1n) is 7.60. The van der Waals surface area contributed by atoms with Gasteiger partial charge in [-0.15, -0.1) is 0 Å². The van der Waals surface area contributed by atoms with Gasteiger partial charge in [0.15, 0.2) is 0 Å². The van der Waals surface area contributed by atoms with Gasteiger partial charge in [0.05, 0.1) is 0 Å². The van der Waals surface area contributed by atoms with Crippen molar-refractivity contribution in [3.8, 4) is 0 Å². The van der Waals surface area contributed by atoms with Crippen molar-refractivity contribution < 1.29 is 0 Å². The van der Waals surface area contributed by atoms with Crippen LogP contribution in [0, 0.1) is 0 Å². The lowest BCUT2D eigenvalue weighted by Gasteiger charge is -2.13. The Labute approximate surface area is 125 Å². The number of hydrogen-bond acceptors (Lipinski definition) is 2. The van der Waals surface area contributed by atoms with Crippen LogP contribution in [0.2, 0.25) is 0 Å². The van der Waals surface area contributed by atoms with E-state index in [2.05, 4.69) is 24.3 Å². The van der Waals surface area contributed by atoms with Crippen molar-refractivity contribution in [1.29, 1.82) is 0 Å². The molecule has 1 aromatic carbocycles. The fraction of sp³-hybridized carbons (Fsp3) is 0.529. The van der Waals surface area contributed by atoms with Gasteiger partial charge in [0.2, 0.25) is 0 Å². The van der Waals surface area contributed by atoms with Crippen LogP contribution >= 0.6 is 23.5 Å². The molecule has 0 N–H and O–H groups in total. The fourth-order valence-electron chi connectivity index (χ4n) is 2.87. The SMILES string of the molecule is c1ccc2c(c1)SC(=C1CCCCCCCCC1)S2. The number of benzene rings is 1. The summed E-state index contributed by atoms with van der Waals surface area (Å²) in [6.45, 7) is 0. The molecule has 1 fully saturated rings. The molecule has 0 amide bonds. The molecular weight excluding hydrogens is 268 g/mol. The molecule has 1 aromatic rings. The van der Waals surface area contributed by atoms with Crippen molar-refractivity contribution in [2.45, 2.75) is 67.6 Å². The maximum atomic E-state index is 2.26. The predicted molar refractivity (Wildman–Crippen MR) is 86.7 cm³/mol. The van der Waals surface area contributed by atoms with E-state index in [4.69, 9.17) is 0 Å². The van der Waals surface area contributed by atoms with E-state index in [9.17, 15) is 0 Å². The maximum absolute atomic E-state index is 2.26. The van der Waals surface area contributed by atoms with Crippen LogP contribution in [0.15, 0.2) is 43.9 Å². The molecule has 2 aliphatic rings. The predicted octanol–water partition coefficient (Wildman–Crippen LogP) is 6.62. The van der Waals surface area contributed by atoms with E-state index in [1.807, 2.05) is 23.5 Å². The molecule has 0 radical (unpaired) electrons. The van der Waals surface area contributed by atoms with E-state index in [1.54, 1.807) is 9.81 Å². The second-order valence-corrected chi connectivity index (χ2v) is 7.88. The van der Waals surface area contributed by atoms with Crippen molar-refractivity contribution in [3.05, 3.63) is 34.1 Å². The summed E-state index contributed by atoms with van der Waals surface area (Å²) in [5.74, 6) is 0. The summed E-state index contributed by atoms with van der Waals surface area (Å²) in [4.78, 5) is 2.93. The van der Waals surface area contributed by atoms with Crippen molar-refractivity contribution in [2.75, 3.05) is 0 Å². The van der Waals surface area contributed by atoms with Gasteiger partial charge in [-0.3, -0.25) is 0 Å². The van der Waals surface area contributed by atoms with Crippen LogP contribution in [0.4, 0.5) is 0 Å². The molecule has 0 bridgehead atoms. The molecule has 3 rings (SSSR count). The van der Waals surface area contributed by atoms with Gasteiger partial charge in [0.25, 0.3) is 0 Å². The van der Waals surface area contributed by atoms with Crippen LogP contribution in [0.5, 0.6) is 0 Å². The number of rotatable bonds is 0. The minimum absolute atomic E-state index is 1.34. The molecule has 1 saturated carbocycles. The number of hydrogen-bond donors (Lipinski definition) is 0. The first kappa shape index (κ1) is 13.6. The summed E-state index contributed by atoms with van der Waals surface area (Å²) in [5, 5.41) is 0. The van der Waals surface area contributed by atoms with Crippen molar-refractivity contribution in [2.24, 2.45) is 0 Å². The normalized spacial score (nSPS) is 21.3. The lowest BCUT2D eigenvalue weighted by atomic mass is 9.98. The third-order valence-corrected chi connectivity index (χ3v) is 6.73. The number of fused-ring (bicyclic) bond motifs is 1. The Morgan fingerprint density at radius 2 is 1.11 bits per heavy atom. The van der Waals surface area contributed by atoms with Crippen LogP contribution in [-0.2, 0) is 0 Å². The summed E-state index contributed by atoms with van der Waals surface area (Å²) < 4.78 is 1.60. The summed E-state index contributed by atoms with van der Waals surface area (Å²) in [5.41, 5.74) is 1.74. The minimum atomic E-state index is 1.34. The lowest BCUT2D eigenvalue weighted by molar-refractivity contribution is 0.551. The van der Waals surface area contributed by atoms with Gasteiger partial charge < -0.3 is 0 Å². The van der Waals surface area contributed by atoms with Crippen LogP contribution in [-0.4, -0.2) is 0 Å². The molecule has 0 atom stereocenters. The zero-order chi connectivity index (χ0) is 12.9. The molecule has 2 heteroatoms. The third-order valence-electron chi connectivity index (χ3n) is 4.00. The van der Waals surface area contributed by atoms with Gasteiger partial charge in [0, 0.05) is 14.0 Å². The van der Waals surface area contributed by atoms with Crippen LogP contribution in [0.3, 0.4) is 0 Å². The second-order valence-electron chi connectivity index (χ2n) is 5.52. The molecule has 0 saturated heterocycles. The summed E-state index contributed by atoms with van der Waals surface area (Å²) >= 11 is 4.03. The highest BCUT2D eigenvalue weighted by atomic mass is 32.2. The van der Waals surface area contributed by atoms with Gasteiger partial charge in [0.1, 0.15) is 0 Å². The van der Waals surface area contributed by atoms with Gasteiger partial charge in [-0.2, -0.15) is 0 Å². The maximum Gasteiger partial charge on any atom is 0.0491 e. The Balaban J connectivity index is 1.73. The molecule has 1 heterocycles. The third kappa shape index (κ3) is 3.61. The lowest BCUT2D eigenvalue weighted by Crippen LogP contribution is -1.92. The van der Waals surface area contributed by atoms with E-state index in [-0.39, 0.29) is 0 Å². The Morgan fingerprint density at radius 3 is 1.63 bits per heavy atom. The zero-order valence-electron chi connectivity index (χ0n) is 11.5. The van der Waals surface area contributed by atoms with E-state index in [0.29, 0.717) is 0 Å². The molecule has 0 aromatic heterocycles. The minimum Gasteiger partial charge on any atom is -0.0816 e. The Hall–Kier alpha value is -0.340. The van der Waals surface area contributed by atoms with E-state index in [0.717, 1.165) is 0 Å². The molecule has 0 unspecified atom stereocenters. The highest BCUT2D eigenvalue weighted by Gasteiger charge is 2.20. The molecule has 19 heavy (non-hydrogen) atoms. The largest absolute Gasteiger partial charge is 0.0816 e. The molecule has 1 aliphatic heterocycles. The molecule has 102 valence electrons. The van der Waals surface area contributed by atoms with Crippen molar-refractivity contribution in [3.63, 3.8) is 0 Å². The standard InChI is InChI=1S/C17H22S2/c1-2-4-6-10-14(11-7-5-3-1)17-18-15-12-8-9-13-16(15)19-17/h8-9,12-13H,1-7,10-11H2. The van der Waals surface area contributed by atoms with Gasteiger partial charge >= 0.3 is 0 Å². The van der Waals surface area contributed by atoms with Crippen molar-refractivity contribution >= 4 is 23.5 Å². The van der Waals surface area contributed by atoms with Crippen LogP contribution < -0.4 is 0 Å². The summed E-state index contributed by atoms with van der Waals surface area (Å²) in [7, 11) is 0. The van der Waals surface area contributed by atoms with Crippen LogP contribution in [0.25, 0.3) is 0 Å². The smallest absolute Gasteiger partial charge is 0.0491 e. The molecule has 1 aliphatic carbocycles. The monoisotopic (exact) mass is 290 g/mol. The molecule has 0 nitrogen and oxygen atoms in total. The average molecular weight is 290 g/mol. The molecule has 0 spiro atoms. The van der Waals surface area contributed by atoms with E-state index < -0.39 is 0 Å².